The predicted molar refractivity (Wildman–Crippen MR) is 160 cm³/mol. The molecule has 0 spiro atoms. The van der Waals surface area contributed by atoms with Crippen molar-refractivity contribution in [1.29, 1.82) is 0 Å². The quantitative estimate of drug-likeness (QED) is 0.293. The van der Waals surface area contributed by atoms with Crippen molar-refractivity contribution in [2.24, 2.45) is 0 Å². The van der Waals surface area contributed by atoms with Crippen molar-refractivity contribution in [3.8, 4) is 11.5 Å². The zero-order chi connectivity index (χ0) is 31.3. The Labute approximate surface area is 258 Å². The van der Waals surface area contributed by atoms with Gasteiger partial charge in [-0.3, -0.25) is 19.3 Å². The maximum atomic E-state index is 13.5. The molecule has 44 heavy (non-hydrogen) atoms. The number of carbonyl (C=O) groups is 4. The van der Waals surface area contributed by atoms with E-state index in [0.29, 0.717) is 47.9 Å². The van der Waals surface area contributed by atoms with Crippen molar-refractivity contribution in [3.05, 3.63) is 70.4 Å². The lowest BCUT2D eigenvalue weighted by molar-refractivity contribution is -0.154. The lowest BCUT2D eigenvalue weighted by Crippen LogP contribution is -2.34. The summed E-state index contributed by atoms with van der Waals surface area (Å²) < 4.78 is 21.6. The number of rotatable bonds is 11. The third-order valence-corrected chi connectivity index (χ3v) is 8.53. The summed E-state index contributed by atoms with van der Waals surface area (Å²) in [5, 5.41) is 6.31. The molecular formula is C31H34N4O8S. The lowest BCUT2D eigenvalue weighted by atomic mass is 10.2. The fraction of sp³-hybridized carbons (Fsp3) is 0.387. The Kier molecular flexibility index (Phi) is 9.33. The van der Waals surface area contributed by atoms with Crippen LogP contribution in [0.1, 0.15) is 65.3 Å². The minimum atomic E-state index is -1.26. The molecule has 5 rings (SSSR count). The second-order valence-corrected chi connectivity index (χ2v) is 11.6. The molecule has 0 bridgehead atoms. The van der Waals surface area contributed by atoms with Crippen LogP contribution in [0.15, 0.2) is 48.5 Å². The van der Waals surface area contributed by atoms with Crippen LogP contribution < -0.4 is 20.1 Å². The fourth-order valence-corrected chi connectivity index (χ4v) is 6.11. The van der Waals surface area contributed by atoms with Crippen LogP contribution in [0, 0.1) is 0 Å². The Morgan fingerprint density at radius 2 is 1.84 bits per heavy atom. The van der Waals surface area contributed by atoms with Crippen LogP contribution in [0.5, 0.6) is 11.5 Å². The molecule has 12 nitrogen and oxygen atoms in total. The number of methoxy groups -OCH3 is 2. The van der Waals surface area contributed by atoms with Crippen LogP contribution in [-0.2, 0) is 32.2 Å². The molecule has 2 heterocycles. The summed E-state index contributed by atoms with van der Waals surface area (Å²) in [4.78, 5) is 57.6. The molecule has 0 radical (unpaired) electrons. The molecule has 3 aromatic rings. The van der Waals surface area contributed by atoms with Crippen molar-refractivity contribution in [2.45, 2.75) is 57.4 Å². The number of amides is 3. The monoisotopic (exact) mass is 622 g/mol. The zero-order valence-electron chi connectivity index (χ0n) is 24.7. The van der Waals surface area contributed by atoms with E-state index in [-0.39, 0.29) is 23.8 Å². The molecule has 1 atom stereocenters. The Morgan fingerprint density at radius 1 is 1.07 bits per heavy atom. The van der Waals surface area contributed by atoms with E-state index in [2.05, 4.69) is 15.6 Å². The highest BCUT2D eigenvalue weighted by atomic mass is 32.1. The van der Waals surface area contributed by atoms with Gasteiger partial charge in [-0.1, -0.05) is 41.7 Å². The lowest BCUT2D eigenvalue weighted by Gasteiger charge is -2.22. The van der Waals surface area contributed by atoms with Crippen molar-refractivity contribution in [2.75, 3.05) is 26.1 Å². The fourth-order valence-electron chi connectivity index (χ4n) is 5.00. The standard InChI is InChI=1S/C31H34N4O8S/c1-19(36)43-31(13-14-31)29(38)34-28-25(26(37)32-17-21-11-12-22(40-2)16-24(21)41-3)33-27(44-28)23-10-7-15-35(23)30(39)42-18-20-8-5-4-6-9-20/h4-6,8-9,11-12,16,23H,7,10,13-15,17-18H2,1-3H3,(H,32,37)(H,34,38). The number of benzene rings is 2. The Balaban J connectivity index is 1.36. The summed E-state index contributed by atoms with van der Waals surface area (Å²) >= 11 is 1.11. The van der Waals surface area contributed by atoms with Crippen molar-refractivity contribution in [3.63, 3.8) is 0 Å². The number of ether oxygens (including phenoxy) is 4. The predicted octanol–water partition coefficient (Wildman–Crippen LogP) is 4.60. The largest absolute Gasteiger partial charge is 0.497 e. The van der Waals surface area contributed by atoms with Crippen molar-refractivity contribution >= 4 is 40.2 Å². The van der Waals surface area contributed by atoms with Crippen LogP contribution in [0.4, 0.5) is 9.80 Å². The molecule has 2 aliphatic rings. The maximum absolute atomic E-state index is 13.5. The van der Waals surface area contributed by atoms with Gasteiger partial charge in [0, 0.05) is 44.5 Å². The summed E-state index contributed by atoms with van der Waals surface area (Å²) in [6, 6.07) is 14.2. The third-order valence-electron chi connectivity index (χ3n) is 7.45. The van der Waals surface area contributed by atoms with E-state index in [0.717, 1.165) is 23.3 Å². The Hall–Kier alpha value is -4.65. The summed E-state index contributed by atoms with van der Waals surface area (Å²) in [5.41, 5.74) is 0.303. The number of nitrogens with zero attached hydrogens (tertiary/aromatic N) is 2. The van der Waals surface area contributed by atoms with E-state index < -0.39 is 35.5 Å². The number of nitrogens with one attached hydrogen (secondary N) is 2. The Bertz CT molecular complexity index is 1540. The summed E-state index contributed by atoms with van der Waals surface area (Å²) in [6.45, 7) is 1.96. The van der Waals surface area contributed by atoms with E-state index in [1.54, 1.807) is 30.2 Å². The summed E-state index contributed by atoms with van der Waals surface area (Å²) in [7, 11) is 3.07. The molecule has 3 amide bonds. The molecule has 1 aliphatic carbocycles. The first-order valence-electron chi connectivity index (χ1n) is 14.2. The smallest absolute Gasteiger partial charge is 0.410 e. The van der Waals surface area contributed by atoms with Crippen LogP contribution in [-0.4, -0.2) is 60.1 Å². The van der Waals surface area contributed by atoms with E-state index in [9.17, 15) is 19.2 Å². The van der Waals surface area contributed by atoms with Gasteiger partial charge in [-0.2, -0.15) is 0 Å². The third kappa shape index (κ3) is 6.94. The summed E-state index contributed by atoms with van der Waals surface area (Å²) in [6.07, 6.45) is 1.62. The second kappa shape index (κ2) is 13.3. The SMILES string of the molecule is COc1ccc(CNC(=O)c2nc(C3CCCN3C(=O)OCc3ccccc3)sc2NC(=O)C2(OC(C)=O)CC2)c(OC)c1. The highest BCUT2D eigenvalue weighted by Crippen LogP contribution is 2.43. The van der Waals surface area contributed by atoms with E-state index in [4.69, 9.17) is 18.9 Å². The molecule has 1 aromatic heterocycles. The van der Waals surface area contributed by atoms with Crippen LogP contribution in [0.2, 0.25) is 0 Å². The van der Waals surface area contributed by atoms with Gasteiger partial charge < -0.3 is 29.6 Å². The van der Waals surface area contributed by atoms with Gasteiger partial charge in [-0.25, -0.2) is 9.78 Å². The molecule has 1 saturated heterocycles. The number of anilines is 1. The molecule has 232 valence electrons. The van der Waals surface area contributed by atoms with Gasteiger partial charge in [0.25, 0.3) is 11.8 Å². The van der Waals surface area contributed by atoms with Gasteiger partial charge in [-0.15, -0.1) is 0 Å². The van der Waals surface area contributed by atoms with Crippen molar-refractivity contribution < 1.29 is 38.1 Å². The van der Waals surface area contributed by atoms with Gasteiger partial charge >= 0.3 is 12.1 Å². The highest BCUT2D eigenvalue weighted by Gasteiger charge is 2.54. The molecule has 2 N–H and O–H groups in total. The van der Waals surface area contributed by atoms with Gasteiger partial charge in [-0.05, 0) is 30.5 Å². The maximum Gasteiger partial charge on any atom is 0.410 e. The average Bonchev–Trinajstić information content (AvgIpc) is 3.43. The van der Waals surface area contributed by atoms with Gasteiger partial charge in [0.05, 0.1) is 20.3 Å². The molecule has 1 aliphatic heterocycles. The Morgan fingerprint density at radius 3 is 2.52 bits per heavy atom. The second-order valence-electron chi connectivity index (χ2n) is 10.5. The van der Waals surface area contributed by atoms with Gasteiger partial charge in [0.2, 0.25) is 0 Å². The number of esters is 1. The number of hydrogen-bond acceptors (Lipinski definition) is 10. The molecule has 2 aromatic carbocycles. The number of thiazole rings is 1. The first-order valence-corrected chi connectivity index (χ1v) is 15.0. The molecular weight excluding hydrogens is 588 g/mol. The molecule has 13 heteroatoms. The van der Waals surface area contributed by atoms with E-state index in [1.165, 1.54) is 14.0 Å². The number of aromatic nitrogens is 1. The number of likely N-dealkylation sites (tertiary alicyclic amines) is 1. The highest BCUT2D eigenvalue weighted by molar-refractivity contribution is 7.16. The number of hydrogen-bond donors (Lipinski definition) is 2. The normalized spacial score (nSPS) is 16.5. The van der Waals surface area contributed by atoms with Gasteiger partial charge in [0.15, 0.2) is 11.3 Å². The minimum absolute atomic E-state index is 0.00560. The van der Waals surface area contributed by atoms with Crippen LogP contribution in [0.25, 0.3) is 0 Å². The average molecular weight is 623 g/mol. The molecule has 1 unspecified atom stereocenters. The topological polar surface area (TPSA) is 145 Å². The van der Waals surface area contributed by atoms with Crippen molar-refractivity contribution in [1.82, 2.24) is 15.2 Å². The van der Waals surface area contributed by atoms with Crippen LogP contribution in [0.3, 0.4) is 0 Å². The first-order chi connectivity index (χ1) is 21.2. The van der Waals surface area contributed by atoms with E-state index in [1.807, 2.05) is 30.3 Å². The number of carbonyl (C=O) groups excluding carboxylic acids is 4. The first kappa shape index (κ1) is 30.8. The van der Waals surface area contributed by atoms with E-state index >= 15 is 0 Å². The summed E-state index contributed by atoms with van der Waals surface area (Å²) in [5.74, 6) is -0.487. The minimum Gasteiger partial charge on any atom is -0.497 e. The molecule has 2 fully saturated rings. The van der Waals surface area contributed by atoms with Gasteiger partial charge in [0.1, 0.15) is 28.1 Å². The zero-order valence-corrected chi connectivity index (χ0v) is 25.5. The molecule has 1 saturated carbocycles. The van der Waals surface area contributed by atoms with Crippen LogP contribution >= 0.6 is 11.3 Å².